The molecule has 0 heterocycles. The molecule has 0 aliphatic carbocycles. The van der Waals surface area contributed by atoms with Crippen LogP contribution in [0.15, 0.2) is 71.6 Å². The summed E-state index contributed by atoms with van der Waals surface area (Å²) in [4.78, 5) is 13.0. The Morgan fingerprint density at radius 2 is 1.56 bits per heavy atom. The zero-order chi connectivity index (χ0) is 23.3. The Bertz CT molecular complexity index is 1210. The fraction of sp³-hybridized carbons (Fsp3) is 0.208. The maximum atomic E-state index is 13.4. The number of methoxy groups -OCH3 is 2. The molecule has 0 fully saturated rings. The summed E-state index contributed by atoms with van der Waals surface area (Å²) in [5.41, 5.74) is 2.83. The van der Waals surface area contributed by atoms with Crippen LogP contribution in [-0.2, 0) is 14.8 Å². The first-order valence-corrected chi connectivity index (χ1v) is 11.4. The third kappa shape index (κ3) is 5.03. The van der Waals surface area contributed by atoms with E-state index in [2.05, 4.69) is 5.32 Å². The van der Waals surface area contributed by atoms with Crippen molar-refractivity contribution in [3.8, 4) is 11.5 Å². The maximum Gasteiger partial charge on any atom is 0.264 e. The molecule has 1 amide bonds. The Kier molecular flexibility index (Phi) is 7.05. The van der Waals surface area contributed by atoms with Crippen molar-refractivity contribution in [1.82, 2.24) is 0 Å². The zero-order valence-electron chi connectivity index (χ0n) is 18.5. The minimum absolute atomic E-state index is 0.108. The smallest absolute Gasteiger partial charge is 0.264 e. The van der Waals surface area contributed by atoms with Gasteiger partial charge in [0.2, 0.25) is 5.91 Å². The van der Waals surface area contributed by atoms with Gasteiger partial charge in [-0.3, -0.25) is 9.10 Å². The first-order chi connectivity index (χ1) is 15.3. The van der Waals surface area contributed by atoms with Gasteiger partial charge in [0.15, 0.2) is 11.5 Å². The largest absolute Gasteiger partial charge is 0.493 e. The van der Waals surface area contributed by atoms with E-state index in [1.54, 1.807) is 48.5 Å². The predicted molar refractivity (Wildman–Crippen MR) is 125 cm³/mol. The van der Waals surface area contributed by atoms with Gasteiger partial charge < -0.3 is 14.8 Å². The molecular formula is C24H26N2O5S. The predicted octanol–water partition coefficient (Wildman–Crippen LogP) is 4.15. The van der Waals surface area contributed by atoms with Gasteiger partial charge in [-0.1, -0.05) is 24.3 Å². The Hall–Kier alpha value is -3.52. The molecule has 0 saturated heterocycles. The highest BCUT2D eigenvalue weighted by atomic mass is 32.2. The van der Waals surface area contributed by atoms with Crippen LogP contribution >= 0.6 is 0 Å². The number of anilines is 2. The second kappa shape index (κ2) is 9.74. The molecule has 168 valence electrons. The lowest BCUT2D eigenvalue weighted by atomic mass is 10.1. The third-order valence-electron chi connectivity index (χ3n) is 5.06. The van der Waals surface area contributed by atoms with Crippen LogP contribution < -0.4 is 19.1 Å². The van der Waals surface area contributed by atoms with Crippen LogP contribution in [-0.4, -0.2) is 35.1 Å². The lowest BCUT2D eigenvalue weighted by molar-refractivity contribution is -0.114. The van der Waals surface area contributed by atoms with Crippen LogP contribution in [0.2, 0.25) is 0 Å². The standard InChI is InChI=1S/C24H26N2O5S/c1-17-10-12-20(14-18(17)2)26(32(28,29)21-8-6-5-7-9-21)16-24(27)25-19-11-13-22(30-3)23(15-19)31-4/h5-15H,16H2,1-4H3,(H,25,27). The number of amides is 1. The van der Waals surface area contributed by atoms with Crippen molar-refractivity contribution in [3.63, 3.8) is 0 Å². The number of hydrogen-bond acceptors (Lipinski definition) is 5. The molecule has 3 aromatic carbocycles. The van der Waals surface area contributed by atoms with Crippen molar-refractivity contribution in [3.05, 3.63) is 77.9 Å². The van der Waals surface area contributed by atoms with Gasteiger partial charge in [0.05, 0.1) is 24.8 Å². The summed E-state index contributed by atoms with van der Waals surface area (Å²) in [6, 6.07) is 18.3. The number of benzene rings is 3. The summed E-state index contributed by atoms with van der Waals surface area (Å²) in [6.45, 7) is 3.45. The molecule has 0 unspecified atom stereocenters. The van der Waals surface area contributed by atoms with Crippen LogP contribution in [0, 0.1) is 13.8 Å². The number of carbonyl (C=O) groups excluding carboxylic acids is 1. The van der Waals surface area contributed by atoms with E-state index in [4.69, 9.17) is 9.47 Å². The highest BCUT2D eigenvalue weighted by molar-refractivity contribution is 7.92. The van der Waals surface area contributed by atoms with E-state index in [1.807, 2.05) is 19.9 Å². The Morgan fingerprint density at radius 1 is 0.875 bits per heavy atom. The molecule has 0 spiro atoms. The van der Waals surface area contributed by atoms with Crippen LogP contribution in [0.1, 0.15) is 11.1 Å². The number of rotatable bonds is 8. The van der Waals surface area contributed by atoms with Crippen molar-refractivity contribution in [2.75, 3.05) is 30.4 Å². The van der Waals surface area contributed by atoms with Crippen molar-refractivity contribution >= 4 is 27.3 Å². The first kappa shape index (κ1) is 23.1. The van der Waals surface area contributed by atoms with E-state index in [0.29, 0.717) is 22.9 Å². The number of carbonyl (C=O) groups is 1. The molecule has 32 heavy (non-hydrogen) atoms. The molecule has 0 saturated carbocycles. The number of nitrogens with zero attached hydrogens (tertiary/aromatic N) is 1. The van der Waals surface area contributed by atoms with Gasteiger partial charge in [0.1, 0.15) is 6.54 Å². The Balaban J connectivity index is 1.94. The molecule has 3 aromatic rings. The fourth-order valence-electron chi connectivity index (χ4n) is 3.16. The number of aryl methyl sites for hydroxylation is 2. The van der Waals surface area contributed by atoms with E-state index < -0.39 is 22.5 Å². The minimum Gasteiger partial charge on any atom is -0.493 e. The fourth-order valence-corrected chi connectivity index (χ4v) is 4.59. The second-order valence-corrected chi connectivity index (χ2v) is 9.07. The highest BCUT2D eigenvalue weighted by Crippen LogP contribution is 2.30. The van der Waals surface area contributed by atoms with Crippen LogP contribution in [0.3, 0.4) is 0 Å². The molecule has 0 aliphatic rings. The summed E-state index contributed by atoms with van der Waals surface area (Å²) in [7, 11) is -0.950. The quantitative estimate of drug-likeness (QED) is 0.553. The Labute approximate surface area is 188 Å². The van der Waals surface area contributed by atoms with Crippen LogP contribution in [0.25, 0.3) is 0 Å². The van der Waals surface area contributed by atoms with E-state index in [1.165, 1.54) is 26.4 Å². The van der Waals surface area contributed by atoms with E-state index in [0.717, 1.165) is 15.4 Å². The molecule has 1 N–H and O–H groups in total. The summed E-state index contributed by atoms with van der Waals surface area (Å²) in [5, 5.41) is 2.74. The monoisotopic (exact) mass is 454 g/mol. The molecule has 3 rings (SSSR count). The lowest BCUT2D eigenvalue weighted by Gasteiger charge is -2.25. The van der Waals surface area contributed by atoms with E-state index >= 15 is 0 Å². The molecular weight excluding hydrogens is 428 g/mol. The minimum atomic E-state index is -3.97. The van der Waals surface area contributed by atoms with Crippen molar-refractivity contribution < 1.29 is 22.7 Å². The molecule has 0 radical (unpaired) electrons. The topological polar surface area (TPSA) is 84.9 Å². The Morgan fingerprint density at radius 3 is 2.19 bits per heavy atom. The average Bonchev–Trinajstić information content (AvgIpc) is 2.79. The molecule has 0 atom stereocenters. The lowest BCUT2D eigenvalue weighted by Crippen LogP contribution is -2.38. The van der Waals surface area contributed by atoms with Gasteiger partial charge in [-0.25, -0.2) is 8.42 Å². The van der Waals surface area contributed by atoms with Gasteiger partial charge in [-0.2, -0.15) is 0 Å². The first-order valence-electron chi connectivity index (χ1n) is 9.93. The molecule has 0 bridgehead atoms. The van der Waals surface area contributed by atoms with Gasteiger partial charge in [-0.05, 0) is 61.4 Å². The second-order valence-electron chi connectivity index (χ2n) is 7.21. The summed E-state index contributed by atoms with van der Waals surface area (Å²) < 4.78 is 38.4. The molecule has 8 heteroatoms. The molecule has 7 nitrogen and oxygen atoms in total. The van der Waals surface area contributed by atoms with Crippen LogP contribution in [0.5, 0.6) is 11.5 Å². The molecule has 0 aromatic heterocycles. The summed E-state index contributed by atoms with van der Waals surface area (Å²) in [5.74, 6) is 0.483. The van der Waals surface area contributed by atoms with Crippen LogP contribution in [0.4, 0.5) is 11.4 Å². The van der Waals surface area contributed by atoms with Gasteiger partial charge in [-0.15, -0.1) is 0 Å². The summed E-state index contributed by atoms with van der Waals surface area (Å²) in [6.07, 6.45) is 0. The van der Waals surface area contributed by atoms with Gasteiger partial charge in [0.25, 0.3) is 10.0 Å². The summed E-state index contributed by atoms with van der Waals surface area (Å²) >= 11 is 0. The van der Waals surface area contributed by atoms with Crippen molar-refractivity contribution in [2.45, 2.75) is 18.7 Å². The number of nitrogens with one attached hydrogen (secondary N) is 1. The van der Waals surface area contributed by atoms with Crippen molar-refractivity contribution in [1.29, 1.82) is 0 Å². The maximum absolute atomic E-state index is 13.4. The zero-order valence-corrected chi connectivity index (χ0v) is 19.3. The average molecular weight is 455 g/mol. The van der Waals surface area contributed by atoms with E-state index in [-0.39, 0.29) is 4.90 Å². The van der Waals surface area contributed by atoms with E-state index in [9.17, 15) is 13.2 Å². The normalized spacial score (nSPS) is 11.0. The third-order valence-corrected chi connectivity index (χ3v) is 6.85. The highest BCUT2D eigenvalue weighted by Gasteiger charge is 2.27. The van der Waals surface area contributed by atoms with Gasteiger partial charge >= 0.3 is 0 Å². The number of hydrogen-bond donors (Lipinski definition) is 1. The SMILES string of the molecule is COc1ccc(NC(=O)CN(c2ccc(C)c(C)c2)S(=O)(=O)c2ccccc2)cc1OC. The number of ether oxygens (including phenoxy) is 2. The van der Waals surface area contributed by atoms with Crippen molar-refractivity contribution in [2.24, 2.45) is 0 Å². The molecule has 0 aliphatic heterocycles. The number of sulfonamides is 1. The van der Waals surface area contributed by atoms with Gasteiger partial charge in [0, 0.05) is 11.8 Å².